The number of benzene rings is 2. The number of nitriles is 1. The number of ether oxygens (including phenoxy) is 3. The van der Waals surface area contributed by atoms with Gasteiger partial charge >= 0.3 is 6.36 Å². The van der Waals surface area contributed by atoms with Gasteiger partial charge in [-0.2, -0.15) is 5.26 Å². The van der Waals surface area contributed by atoms with Gasteiger partial charge in [-0.3, -0.25) is 4.79 Å². The maximum absolute atomic E-state index is 12.9. The van der Waals surface area contributed by atoms with Gasteiger partial charge in [0, 0.05) is 44.4 Å². The van der Waals surface area contributed by atoms with Crippen LogP contribution in [0.4, 0.5) is 18.9 Å². The van der Waals surface area contributed by atoms with E-state index in [0.29, 0.717) is 48.6 Å². The Morgan fingerprint density at radius 2 is 1.65 bits per heavy atom. The van der Waals surface area contributed by atoms with Gasteiger partial charge in [0.2, 0.25) is 0 Å². The first kappa shape index (κ1) is 23.3. The molecular formula is C24H22F3N3O4. The summed E-state index contributed by atoms with van der Waals surface area (Å²) in [4.78, 5) is 14.9. The zero-order chi connectivity index (χ0) is 24.5. The van der Waals surface area contributed by atoms with E-state index in [4.69, 9.17) is 9.47 Å². The summed E-state index contributed by atoms with van der Waals surface area (Å²) >= 11 is 0. The third-order valence-corrected chi connectivity index (χ3v) is 5.81. The SMILES string of the molecule is COc1ccc2c(N3CCC(Oc4ccc(OC(F)(F)F)cc4)CC3)c(C#N)c(=O)n(C)c2c1. The number of anilines is 1. The van der Waals surface area contributed by atoms with Crippen molar-refractivity contribution in [3.63, 3.8) is 0 Å². The van der Waals surface area contributed by atoms with Gasteiger partial charge < -0.3 is 23.7 Å². The van der Waals surface area contributed by atoms with E-state index in [9.17, 15) is 23.2 Å². The van der Waals surface area contributed by atoms with Crippen LogP contribution in [0.5, 0.6) is 17.2 Å². The van der Waals surface area contributed by atoms with Gasteiger partial charge in [-0.1, -0.05) is 0 Å². The van der Waals surface area contributed by atoms with Gasteiger partial charge in [0.05, 0.1) is 18.3 Å². The maximum atomic E-state index is 12.9. The Morgan fingerprint density at radius 1 is 1.03 bits per heavy atom. The third-order valence-electron chi connectivity index (χ3n) is 5.81. The molecule has 34 heavy (non-hydrogen) atoms. The Kier molecular flexibility index (Phi) is 6.28. The molecule has 7 nitrogen and oxygen atoms in total. The Bertz CT molecular complexity index is 1290. The first-order chi connectivity index (χ1) is 16.2. The Labute approximate surface area is 193 Å². The second kappa shape index (κ2) is 9.17. The molecule has 0 radical (unpaired) electrons. The molecule has 0 spiro atoms. The zero-order valence-electron chi connectivity index (χ0n) is 18.6. The Hall–Kier alpha value is -3.87. The number of rotatable bonds is 5. The molecular weight excluding hydrogens is 451 g/mol. The molecule has 1 aliphatic heterocycles. The normalized spacial score (nSPS) is 14.6. The van der Waals surface area contributed by atoms with Crippen LogP contribution in [0.25, 0.3) is 10.9 Å². The summed E-state index contributed by atoms with van der Waals surface area (Å²) in [7, 11) is 3.17. The number of alkyl halides is 3. The molecule has 2 heterocycles. The number of aryl methyl sites for hydroxylation is 1. The molecule has 0 saturated carbocycles. The van der Waals surface area contributed by atoms with Crippen molar-refractivity contribution in [1.29, 1.82) is 5.26 Å². The summed E-state index contributed by atoms with van der Waals surface area (Å²) in [5.41, 5.74) is 0.964. The maximum Gasteiger partial charge on any atom is 0.573 e. The molecule has 0 bridgehead atoms. The van der Waals surface area contributed by atoms with Crippen molar-refractivity contribution in [1.82, 2.24) is 4.57 Å². The van der Waals surface area contributed by atoms with Crippen LogP contribution in [0.2, 0.25) is 0 Å². The van der Waals surface area contributed by atoms with Gasteiger partial charge in [-0.25, -0.2) is 0 Å². The van der Waals surface area contributed by atoms with E-state index in [-0.39, 0.29) is 23.0 Å². The first-order valence-corrected chi connectivity index (χ1v) is 10.6. The van der Waals surface area contributed by atoms with Crippen LogP contribution in [0.3, 0.4) is 0 Å². The number of nitrogens with zero attached hydrogens (tertiary/aromatic N) is 3. The molecule has 1 aromatic heterocycles. The molecule has 3 aromatic rings. The summed E-state index contributed by atoms with van der Waals surface area (Å²) < 4.78 is 53.5. The lowest BCUT2D eigenvalue weighted by Crippen LogP contribution is -2.40. The lowest BCUT2D eigenvalue weighted by molar-refractivity contribution is -0.274. The predicted molar refractivity (Wildman–Crippen MR) is 119 cm³/mol. The second-order valence-electron chi connectivity index (χ2n) is 7.91. The quantitative estimate of drug-likeness (QED) is 0.548. The number of aromatic nitrogens is 1. The molecule has 10 heteroatoms. The van der Waals surface area contributed by atoms with E-state index in [0.717, 1.165) is 5.39 Å². The highest BCUT2D eigenvalue weighted by molar-refractivity contribution is 5.95. The number of pyridine rings is 1. The van der Waals surface area contributed by atoms with Crippen molar-refractivity contribution >= 4 is 16.6 Å². The molecule has 1 saturated heterocycles. The van der Waals surface area contributed by atoms with Crippen LogP contribution in [-0.2, 0) is 7.05 Å². The molecule has 178 valence electrons. The van der Waals surface area contributed by atoms with E-state index in [1.807, 2.05) is 11.0 Å². The van der Waals surface area contributed by atoms with Crippen LogP contribution in [-0.4, -0.2) is 37.2 Å². The fourth-order valence-corrected chi connectivity index (χ4v) is 4.17. The van der Waals surface area contributed by atoms with Crippen LogP contribution >= 0.6 is 0 Å². The summed E-state index contributed by atoms with van der Waals surface area (Å²) in [6, 6.07) is 12.7. The number of hydrogen-bond acceptors (Lipinski definition) is 6. The molecule has 0 unspecified atom stereocenters. The van der Waals surface area contributed by atoms with Crippen molar-refractivity contribution in [2.45, 2.75) is 25.3 Å². The highest BCUT2D eigenvalue weighted by atomic mass is 19.4. The third kappa shape index (κ3) is 4.73. The van der Waals surface area contributed by atoms with Crippen LogP contribution in [0.15, 0.2) is 47.3 Å². The van der Waals surface area contributed by atoms with Crippen LogP contribution in [0.1, 0.15) is 18.4 Å². The minimum Gasteiger partial charge on any atom is -0.497 e. The minimum absolute atomic E-state index is 0.0831. The van der Waals surface area contributed by atoms with Crippen molar-refractivity contribution in [2.24, 2.45) is 7.05 Å². The van der Waals surface area contributed by atoms with E-state index < -0.39 is 6.36 Å². The predicted octanol–water partition coefficient (Wildman–Crippen LogP) is 4.37. The van der Waals surface area contributed by atoms with Gasteiger partial charge in [-0.15, -0.1) is 13.2 Å². The number of piperidine rings is 1. The van der Waals surface area contributed by atoms with Crippen molar-refractivity contribution < 1.29 is 27.4 Å². The van der Waals surface area contributed by atoms with E-state index in [1.54, 1.807) is 26.3 Å². The standard InChI is InChI=1S/C24H22F3N3O4/c1-29-21-13-18(32-2)7-8-19(21)22(20(14-28)23(29)31)30-11-9-16(10-12-30)33-15-3-5-17(6-4-15)34-24(25,26)27/h3-8,13,16H,9-12H2,1-2H3. The molecule has 0 atom stereocenters. The van der Waals surface area contributed by atoms with E-state index in [1.165, 1.54) is 28.8 Å². The average Bonchev–Trinajstić information content (AvgIpc) is 2.82. The number of methoxy groups -OCH3 is 1. The lowest BCUT2D eigenvalue weighted by atomic mass is 10.0. The van der Waals surface area contributed by atoms with Gasteiger partial charge in [-0.05, 0) is 36.4 Å². The molecule has 0 amide bonds. The summed E-state index contributed by atoms with van der Waals surface area (Å²) in [6.07, 6.45) is -3.68. The van der Waals surface area contributed by atoms with Crippen molar-refractivity contribution in [3.05, 3.63) is 58.4 Å². The smallest absolute Gasteiger partial charge is 0.497 e. The number of fused-ring (bicyclic) bond motifs is 1. The van der Waals surface area contributed by atoms with Gasteiger partial charge in [0.1, 0.15) is 35.0 Å². The van der Waals surface area contributed by atoms with Gasteiger partial charge in [0.25, 0.3) is 5.56 Å². The monoisotopic (exact) mass is 473 g/mol. The largest absolute Gasteiger partial charge is 0.573 e. The Morgan fingerprint density at radius 3 is 2.24 bits per heavy atom. The van der Waals surface area contributed by atoms with Crippen LogP contribution in [0, 0.1) is 11.3 Å². The zero-order valence-corrected chi connectivity index (χ0v) is 18.6. The molecule has 0 aliphatic carbocycles. The van der Waals surface area contributed by atoms with Gasteiger partial charge in [0.15, 0.2) is 0 Å². The second-order valence-corrected chi connectivity index (χ2v) is 7.91. The fraction of sp³-hybridized carbons (Fsp3) is 0.333. The molecule has 1 aliphatic rings. The minimum atomic E-state index is -4.74. The first-order valence-electron chi connectivity index (χ1n) is 10.6. The summed E-state index contributed by atoms with van der Waals surface area (Å²) in [5, 5.41) is 10.5. The highest BCUT2D eigenvalue weighted by Gasteiger charge is 2.31. The van der Waals surface area contributed by atoms with Crippen LogP contribution < -0.4 is 24.7 Å². The summed E-state index contributed by atoms with van der Waals surface area (Å²) in [5.74, 6) is 0.738. The Balaban J connectivity index is 1.52. The molecule has 4 rings (SSSR count). The molecule has 2 aromatic carbocycles. The fourth-order valence-electron chi connectivity index (χ4n) is 4.17. The van der Waals surface area contributed by atoms with Crippen molar-refractivity contribution in [2.75, 3.05) is 25.1 Å². The number of hydrogen-bond donors (Lipinski definition) is 0. The van der Waals surface area contributed by atoms with E-state index >= 15 is 0 Å². The molecule has 1 fully saturated rings. The number of halogens is 3. The highest BCUT2D eigenvalue weighted by Crippen LogP contribution is 2.33. The summed E-state index contributed by atoms with van der Waals surface area (Å²) in [6.45, 7) is 1.09. The topological polar surface area (TPSA) is 76.7 Å². The van der Waals surface area contributed by atoms with E-state index in [2.05, 4.69) is 10.8 Å². The van der Waals surface area contributed by atoms with Crippen molar-refractivity contribution in [3.8, 4) is 23.3 Å². The molecule has 0 N–H and O–H groups in total. The lowest BCUT2D eigenvalue weighted by Gasteiger charge is -2.35. The average molecular weight is 473 g/mol.